The Kier molecular flexibility index (Phi) is 5.87. The highest BCUT2D eigenvalue weighted by molar-refractivity contribution is 7.64. The first kappa shape index (κ1) is 17.4. The highest BCUT2D eigenvalue weighted by atomic mass is 35.8. The Balaban J connectivity index is 2.03. The van der Waals surface area contributed by atoms with Crippen LogP contribution in [-0.2, 0) is 11.0 Å². The molecule has 1 aromatic carbocycles. The van der Waals surface area contributed by atoms with Gasteiger partial charge in [0.25, 0.3) is 0 Å². The predicted molar refractivity (Wildman–Crippen MR) is 90.8 cm³/mol. The smallest absolute Gasteiger partial charge is 0.395 e. The molecule has 0 aromatic heterocycles. The van der Waals surface area contributed by atoms with E-state index in [2.05, 4.69) is 6.55 Å². The molecule has 0 fully saturated rings. The summed E-state index contributed by atoms with van der Waals surface area (Å²) in [5.74, 6) is 1.51. The van der Waals surface area contributed by atoms with E-state index in [0.717, 1.165) is 23.8 Å². The van der Waals surface area contributed by atoms with Crippen molar-refractivity contribution in [2.45, 2.75) is 25.6 Å². The molecule has 0 bridgehead atoms. The zero-order chi connectivity index (χ0) is 15.5. The van der Waals surface area contributed by atoms with E-state index in [-0.39, 0.29) is 6.23 Å². The molecule has 1 atom stereocenters. The zero-order valence-electron chi connectivity index (χ0n) is 11.7. The minimum Gasteiger partial charge on any atom is -0.520 e. The van der Waals surface area contributed by atoms with E-state index in [1.54, 1.807) is 0 Å². The predicted octanol–water partition coefficient (Wildman–Crippen LogP) is 3.59. The fourth-order valence-corrected chi connectivity index (χ4v) is 5.16. The van der Waals surface area contributed by atoms with Crippen LogP contribution in [0.5, 0.6) is 11.5 Å². The normalized spacial score (nSPS) is 21.6. The lowest BCUT2D eigenvalue weighted by Crippen LogP contribution is -2.44. The van der Waals surface area contributed by atoms with Crippen LogP contribution in [0.1, 0.15) is 12.0 Å². The molecule has 0 saturated heterocycles. The third-order valence-corrected chi connectivity index (χ3v) is 7.25. The van der Waals surface area contributed by atoms with E-state index < -0.39 is 14.6 Å². The van der Waals surface area contributed by atoms with Crippen LogP contribution in [0.25, 0.3) is 0 Å². The average molecular weight is 387 g/mol. The van der Waals surface area contributed by atoms with Crippen molar-refractivity contribution in [2.75, 3.05) is 12.8 Å². The Morgan fingerprint density at radius 3 is 2.81 bits per heavy atom. The molecule has 2 N–H and O–H groups in total. The van der Waals surface area contributed by atoms with Crippen LogP contribution in [-0.4, -0.2) is 27.3 Å². The van der Waals surface area contributed by atoms with Crippen LogP contribution in [0.4, 0.5) is 0 Å². The number of nitrogens with two attached hydrogens (primary N) is 1. The summed E-state index contributed by atoms with van der Waals surface area (Å²) in [4.78, 5) is 0. The van der Waals surface area contributed by atoms with Crippen molar-refractivity contribution >= 4 is 47.8 Å². The van der Waals surface area contributed by atoms with Crippen molar-refractivity contribution in [3.05, 3.63) is 23.8 Å². The number of halogens is 3. The molecule has 118 valence electrons. The van der Waals surface area contributed by atoms with E-state index in [1.807, 2.05) is 18.2 Å². The topological polar surface area (TPSA) is 53.7 Å². The maximum atomic E-state index is 6.06. The zero-order valence-corrected chi connectivity index (χ0v) is 16.0. The van der Waals surface area contributed by atoms with Gasteiger partial charge in [0, 0.05) is 11.6 Å². The van der Waals surface area contributed by atoms with Gasteiger partial charge < -0.3 is 19.3 Å². The second kappa shape index (κ2) is 7.08. The van der Waals surface area contributed by atoms with Crippen LogP contribution in [0, 0.1) is 0 Å². The lowest BCUT2D eigenvalue weighted by atomic mass is 10.2. The Hall–Kier alpha value is 0.0438. The summed E-state index contributed by atoms with van der Waals surface area (Å²) in [6, 6.07) is 3.69. The van der Waals surface area contributed by atoms with Gasteiger partial charge in [0.1, 0.15) is 17.7 Å². The minimum atomic E-state index is -2.79. The van der Waals surface area contributed by atoms with Crippen molar-refractivity contribution in [3.8, 4) is 11.5 Å². The molecule has 2 rings (SSSR count). The maximum absolute atomic E-state index is 6.06. The Morgan fingerprint density at radius 1 is 1.38 bits per heavy atom. The summed E-state index contributed by atoms with van der Waals surface area (Å²) in [6.07, 6.45) is 1.04. The van der Waals surface area contributed by atoms with Gasteiger partial charge in [0.2, 0.25) is 0 Å². The van der Waals surface area contributed by atoms with Crippen LogP contribution >= 0.6 is 33.2 Å². The molecule has 1 unspecified atom stereocenters. The van der Waals surface area contributed by atoms with Gasteiger partial charge in [-0.1, -0.05) is 0 Å². The van der Waals surface area contributed by atoms with Crippen molar-refractivity contribution in [2.24, 2.45) is 5.73 Å². The molecule has 1 aromatic rings. The highest BCUT2D eigenvalue weighted by Crippen LogP contribution is 2.34. The molecule has 0 spiro atoms. The minimum absolute atomic E-state index is 0.126. The third kappa shape index (κ3) is 5.31. The highest BCUT2D eigenvalue weighted by Gasteiger charge is 2.37. The molecule has 0 saturated carbocycles. The van der Waals surface area contributed by atoms with Crippen molar-refractivity contribution in [3.63, 3.8) is 0 Å². The van der Waals surface area contributed by atoms with Gasteiger partial charge in [0.15, 0.2) is 0 Å². The second-order valence-electron chi connectivity index (χ2n) is 5.09. The number of ether oxygens (including phenoxy) is 1. The van der Waals surface area contributed by atoms with Crippen LogP contribution in [0.2, 0.25) is 12.6 Å². The first-order chi connectivity index (χ1) is 9.81. The molecule has 0 radical (unpaired) electrons. The summed E-state index contributed by atoms with van der Waals surface area (Å²) in [6.45, 7) is 3.23. The number of benzene rings is 1. The van der Waals surface area contributed by atoms with Gasteiger partial charge in [0.05, 0.1) is 6.61 Å². The average Bonchev–Trinajstić information content (AvgIpc) is 2.42. The molecule has 21 heavy (non-hydrogen) atoms. The largest absolute Gasteiger partial charge is 0.520 e. The Morgan fingerprint density at radius 2 is 2.14 bits per heavy atom. The van der Waals surface area contributed by atoms with Gasteiger partial charge in [-0.05, 0) is 37.7 Å². The van der Waals surface area contributed by atoms with Crippen molar-refractivity contribution < 1.29 is 13.6 Å². The van der Waals surface area contributed by atoms with Gasteiger partial charge in [-0.2, -0.15) is 0 Å². The lowest BCUT2D eigenvalue weighted by Gasteiger charge is -2.33. The third-order valence-electron chi connectivity index (χ3n) is 3.13. The summed E-state index contributed by atoms with van der Waals surface area (Å²) in [5.41, 5.74) is 6.51. The second-order valence-corrected chi connectivity index (χ2v) is 17.4. The van der Waals surface area contributed by atoms with Gasteiger partial charge in [-0.3, -0.25) is 0 Å². The van der Waals surface area contributed by atoms with Gasteiger partial charge >= 0.3 is 14.6 Å². The summed E-state index contributed by atoms with van der Waals surface area (Å²) < 4.78 is 17.5. The molecule has 9 heteroatoms. The van der Waals surface area contributed by atoms with Crippen LogP contribution in [0.15, 0.2) is 18.2 Å². The maximum Gasteiger partial charge on any atom is 0.395 e. The monoisotopic (exact) mass is 385 g/mol. The molecular formula is C12H18Cl3NO3Si2. The van der Waals surface area contributed by atoms with E-state index >= 15 is 0 Å². The first-order valence-electron chi connectivity index (χ1n) is 6.67. The van der Waals surface area contributed by atoms with Gasteiger partial charge in [-0.15, -0.1) is 33.2 Å². The van der Waals surface area contributed by atoms with Crippen molar-refractivity contribution in [1.29, 1.82) is 0 Å². The summed E-state index contributed by atoms with van der Waals surface area (Å²) >= 11 is 17.4. The molecule has 0 amide bonds. The first-order valence-corrected chi connectivity index (χ1v) is 14.4. The van der Waals surface area contributed by atoms with E-state index in [0.29, 0.717) is 18.9 Å². The Bertz CT molecular complexity index is 501. The molecule has 1 aliphatic heterocycles. The number of hydrogen-bond acceptors (Lipinski definition) is 4. The van der Waals surface area contributed by atoms with Crippen molar-refractivity contribution in [1.82, 2.24) is 0 Å². The quantitative estimate of drug-likeness (QED) is 0.599. The summed E-state index contributed by atoms with van der Waals surface area (Å²) in [7, 11) is -2.15. The number of hydrogen-bond donors (Lipinski definition) is 1. The van der Waals surface area contributed by atoms with E-state index in [1.165, 1.54) is 0 Å². The molecule has 1 heterocycles. The fourth-order valence-electron chi connectivity index (χ4n) is 2.06. The van der Waals surface area contributed by atoms with E-state index in [9.17, 15) is 0 Å². The number of rotatable bonds is 6. The fraction of sp³-hybridized carbons (Fsp3) is 0.500. The van der Waals surface area contributed by atoms with E-state index in [4.69, 9.17) is 52.6 Å². The Labute approximate surface area is 140 Å². The summed E-state index contributed by atoms with van der Waals surface area (Å²) in [5, 5.41) is 0. The molecule has 0 aliphatic carbocycles. The SMILES string of the molecule is C[Si]1(CCCN)OCc2cc(OC[Si](Cl)(Cl)Cl)ccc2O1. The van der Waals surface area contributed by atoms with Crippen LogP contribution in [0.3, 0.4) is 0 Å². The standard InChI is InChI=1S/C12H18Cl3NO3Si2/c1-20(6-2-5-16)18-8-10-7-11(3-4-12(10)19-20)17-9-21(13,14)15/h3-4,7H,2,5-6,8-9,16H2,1H3. The lowest BCUT2D eigenvalue weighted by molar-refractivity contribution is 0.204. The molecule has 1 aliphatic rings. The molecule has 4 nitrogen and oxygen atoms in total. The number of fused-ring (bicyclic) bond motifs is 1. The van der Waals surface area contributed by atoms with Gasteiger partial charge in [-0.25, -0.2) is 0 Å². The molecular weight excluding hydrogens is 369 g/mol. The van der Waals surface area contributed by atoms with Crippen LogP contribution < -0.4 is 14.9 Å².